The van der Waals surface area contributed by atoms with Crippen molar-refractivity contribution in [2.45, 2.75) is 20.8 Å². The van der Waals surface area contributed by atoms with E-state index in [4.69, 9.17) is 0 Å². The average Bonchev–Trinajstić information content (AvgIpc) is 2.58. The van der Waals surface area contributed by atoms with Crippen molar-refractivity contribution >= 4 is 11.0 Å². The molecule has 0 bridgehead atoms. The van der Waals surface area contributed by atoms with Crippen LogP contribution in [0.25, 0.3) is 11.0 Å². The summed E-state index contributed by atoms with van der Waals surface area (Å²) in [5, 5.41) is 0. The highest BCUT2D eigenvalue weighted by Gasteiger charge is 2.02. The van der Waals surface area contributed by atoms with E-state index in [2.05, 4.69) is 4.98 Å². The quantitative estimate of drug-likeness (QED) is 0.682. The molecule has 0 aromatic carbocycles. The summed E-state index contributed by atoms with van der Waals surface area (Å²) < 4.78 is 1.65. The molecule has 0 fully saturated rings. The lowest BCUT2D eigenvalue weighted by molar-refractivity contribution is 0.904. The summed E-state index contributed by atoms with van der Waals surface area (Å²) in [5.41, 5.74) is 3.13. The molecule has 0 saturated heterocycles. The Labute approximate surface area is 83.4 Å². The molecule has 2 aromatic heterocycles. The molecule has 2 heterocycles. The Hall–Kier alpha value is -1.51. The fraction of sp³-hybridized carbons (Fsp3) is 0.364. The predicted molar refractivity (Wildman–Crippen MR) is 59.6 cm³/mol. The van der Waals surface area contributed by atoms with Gasteiger partial charge in [0, 0.05) is 19.3 Å². The third-order valence-corrected chi connectivity index (χ3v) is 2.13. The molecular weight excluding hydrogens is 176 g/mol. The number of hydrogen-bond donors (Lipinski definition) is 1. The van der Waals surface area contributed by atoms with Crippen molar-refractivity contribution in [1.29, 1.82) is 0 Å². The van der Waals surface area contributed by atoms with Gasteiger partial charge in [0.05, 0.1) is 11.0 Å². The summed E-state index contributed by atoms with van der Waals surface area (Å²) in [5.74, 6) is 0. The van der Waals surface area contributed by atoms with Crippen LogP contribution in [0.5, 0.6) is 0 Å². The SMILES string of the molecule is CC.Cc1c[nH]c2ccc(=O)n(C)c12. The Morgan fingerprint density at radius 1 is 1.29 bits per heavy atom. The van der Waals surface area contributed by atoms with Crippen LogP contribution in [0.3, 0.4) is 0 Å². The van der Waals surface area contributed by atoms with Gasteiger partial charge in [-0.25, -0.2) is 0 Å². The third-order valence-electron chi connectivity index (χ3n) is 2.13. The molecule has 3 heteroatoms. The second-order valence-electron chi connectivity index (χ2n) is 2.96. The van der Waals surface area contributed by atoms with Gasteiger partial charge in [-0.15, -0.1) is 0 Å². The molecule has 0 saturated carbocycles. The van der Waals surface area contributed by atoms with Gasteiger partial charge in [0.15, 0.2) is 0 Å². The molecule has 2 aromatic rings. The topological polar surface area (TPSA) is 37.8 Å². The Bertz CT molecular complexity index is 479. The van der Waals surface area contributed by atoms with Gasteiger partial charge in [-0.1, -0.05) is 13.8 Å². The molecule has 1 N–H and O–H groups in total. The number of nitrogens with zero attached hydrogens (tertiary/aromatic N) is 1. The molecule has 0 aliphatic rings. The highest BCUT2D eigenvalue weighted by Crippen LogP contribution is 2.13. The van der Waals surface area contributed by atoms with E-state index in [1.54, 1.807) is 17.7 Å². The second-order valence-corrected chi connectivity index (χ2v) is 2.96. The molecule has 0 unspecified atom stereocenters. The maximum atomic E-state index is 11.2. The maximum Gasteiger partial charge on any atom is 0.250 e. The van der Waals surface area contributed by atoms with E-state index < -0.39 is 0 Å². The van der Waals surface area contributed by atoms with Gasteiger partial charge in [-0.2, -0.15) is 0 Å². The lowest BCUT2D eigenvalue weighted by Gasteiger charge is -1.99. The molecule has 0 atom stereocenters. The number of pyridine rings is 1. The molecule has 76 valence electrons. The van der Waals surface area contributed by atoms with Crippen molar-refractivity contribution in [3.8, 4) is 0 Å². The van der Waals surface area contributed by atoms with E-state index in [-0.39, 0.29) is 5.56 Å². The van der Waals surface area contributed by atoms with Gasteiger partial charge in [0.1, 0.15) is 0 Å². The van der Waals surface area contributed by atoms with Gasteiger partial charge >= 0.3 is 0 Å². The summed E-state index contributed by atoms with van der Waals surface area (Å²) in [6.07, 6.45) is 1.91. The van der Waals surface area contributed by atoms with Crippen LogP contribution in [0, 0.1) is 6.92 Å². The van der Waals surface area contributed by atoms with Gasteiger partial charge in [-0.3, -0.25) is 4.79 Å². The number of aromatic nitrogens is 2. The predicted octanol–water partition coefficient (Wildman–Crippen LogP) is 2.20. The largest absolute Gasteiger partial charge is 0.360 e. The van der Waals surface area contributed by atoms with E-state index in [1.165, 1.54) is 0 Å². The van der Waals surface area contributed by atoms with Gasteiger partial charge in [0.25, 0.3) is 5.56 Å². The molecular formula is C11H16N2O. The molecule has 0 aliphatic carbocycles. The normalized spacial score (nSPS) is 9.71. The zero-order valence-electron chi connectivity index (χ0n) is 9.09. The van der Waals surface area contributed by atoms with Crippen LogP contribution in [0.4, 0.5) is 0 Å². The molecule has 0 spiro atoms. The van der Waals surface area contributed by atoms with Crippen LogP contribution in [0.2, 0.25) is 0 Å². The summed E-state index contributed by atoms with van der Waals surface area (Å²) >= 11 is 0. The molecule has 14 heavy (non-hydrogen) atoms. The van der Waals surface area contributed by atoms with Crippen molar-refractivity contribution in [3.05, 3.63) is 34.2 Å². The van der Waals surface area contributed by atoms with Crippen LogP contribution in [-0.4, -0.2) is 9.55 Å². The summed E-state index contributed by atoms with van der Waals surface area (Å²) in [7, 11) is 1.78. The lowest BCUT2D eigenvalue weighted by Crippen LogP contribution is -2.14. The molecule has 2 rings (SSSR count). The zero-order chi connectivity index (χ0) is 10.7. The smallest absolute Gasteiger partial charge is 0.250 e. The van der Waals surface area contributed by atoms with E-state index in [9.17, 15) is 4.79 Å². The minimum absolute atomic E-state index is 0.0326. The van der Waals surface area contributed by atoms with E-state index in [1.807, 2.05) is 33.0 Å². The summed E-state index contributed by atoms with van der Waals surface area (Å²) in [6, 6.07) is 3.38. The summed E-state index contributed by atoms with van der Waals surface area (Å²) in [6.45, 7) is 5.98. The fourth-order valence-electron chi connectivity index (χ4n) is 1.48. The van der Waals surface area contributed by atoms with E-state index in [0.717, 1.165) is 16.6 Å². The Morgan fingerprint density at radius 2 is 1.93 bits per heavy atom. The lowest BCUT2D eigenvalue weighted by atomic mass is 10.3. The minimum atomic E-state index is 0.0326. The first kappa shape index (κ1) is 10.6. The van der Waals surface area contributed by atoms with Crippen molar-refractivity contribution < 1.29 is 0 Å². The van der Waals surface area contributed by atoms with Crippen molar-refractivity contribution in [2.75, 3.05) is 0 Å². The molecule has 3 nitrogen and oxygen atoms in total. The van der Waals surface area contributed by atoms with Gasteiger partial charge in [0.2, 0.25) is 0 Å². The van der Waals surface area contributed by atoms with Crippen LogP contribution < -0.4 is 5.56 Å². The molecule has 0 aliphatic heterocycles. The first-order valence-corrected chi connectivity index (χ1v) is 4.84. The maximum absolute atomic E-state index is 11.2. The minimum Gasteiger partial charge on any atom is -0.360 e. The van der Waals surface area contributed by atoms with Crippen LogP contribution in [0.15, 0.2) is 23.1 Å². The van der Waals surface area contributed by atoms with Crippen molar-refractivity contribution in [3.63, 3.8) is 0 Å². The fourth-order valence-corrected chi connectivity index (χ4v) is 1.48. The van der Waals surface area contributed by atoms with E-state index in [0.29, 0.717) is 0 Å². The summed E-state index contributed by atoms with van der Waals surface area (Å²) in [4.78, 5) is 14.3. The van der Waals surface area contributed by atoms with Crippen molar-refractivity contribution in [1.82, 2.24) is 9.55 Å². The van der Waals surface area contributed by atoms with Crippen LogP contribution in [0.1, 0.15) is 19.4 Å². The van der Waals surface area contributed by atoms with Crippen LogP contribution >= 0.6 is 0 Å². The van der Waals surface area contributed by atoms with Gasteiger partial charge < -0.3 is 9.55 Å². The highest BCUT2D eigenvalue weighted by molar-refractivity contribution is 5.78. The number of H-pyrrole nitrogens is 1. The molecule has 0 radical (unpaired) electrons. The standard InChI is InChI=1S/C9H10N2O.C2H6/c1-6-5-10-7-3-4-8(12)11(2)9(6)7;1-2/h3-5,10H,1-2H3;1-2H3. The second kappa shape index (κ2) is 4.13. The number of fused-ring (bicyclic) bond motifs is 1. The number of aryl methyl sites for hydroxylation is 2. The highest BCUT2D eigenvalue weighted by atomic mass is 16.1. The number of hydrogen-bond acceptors (Lipinski definition) is 1. The number of rotatable bonds is 0. The number of nitrogens with one attached hydrogen (secondary N) is 1. The van der Waals surface area contributed by atoms with E-state index >= 15 is 0 Å². The Balaban J connectivity index is 0.000000461. The van der Waals surface area contributed by atoms with Crippen molar-refractivity contribution in [2.24, 2.45) is 7.05 Å². The third kappa shape index (κ3) is 1.58. The Morgan fingerprint density at radius 3 is 2.57 bits per heavy atom. The first-order chi connectivity index (χ1) is 6.70. The monoisotopic (exact) mass is 192 g/mol. The number of aromatic amines is 1. The zero-order valence-corrected chi connectivity index (χ0v) is 9.09. The Kier molecular flexibility index (Phi) is 3.12. The molecule has 0 amide bonds. The average molecular weight is 192 g/mol. The first-order valence-electron chi connectivity index (χ1n) is 4.84. The van der Waals surface area contributed by atoms with Gasteiger partial charge in [-0.05, 0) is 18.6 Å². The van der Waals surface area contributed by atoms with Crippen LogP contribution in [-0.2, 0) is 7.05 Å².